The first-order valence-electron chi connectivity index (χ1n) is 10.4. The Labute approximate surface area is 185 Å². The minimum absolute atomic E-state index is 0.0389. The van der Waals surface area contributed by atoms with Crippen LogP contribution in [-0.2, 0) is 25.5 Å². The second kappa shape index (κ2) is 11.4. The van der Waals surface area contributed by atoms with E-state index >= 15 is 0 Å². The molecule has 0 N–H and O–H groups in total. The molecule has 0 aromatic carbocycles. The van der Waals surface area contributed by atoms with Crippen molar-refractivity contribution in [3.63, 3.8) is 0 Å². The van der Waals surface area contributed by atoms with Crippen LogP contribution in [0.2, 0.25) is 0 Å². The summed E-state index contributed by atoms with van der Waals surface area (Å²) in [6.07, 6.45) is 3.02. The Morgan fingerprint density at radius 3 is 2.69 bits per heavy atom. The summed E-state index contributed by atoms with van der Waals surface area (Å²) in [5.74, 6) is 0.439. The second-order valence-corrected chi connectivity index (χ2v) is 7.06. The zero-order chi connectivity index (χ0) is 22.9. The van der Waals surface area contributed by atoms with Gasteiger partial charge in [-0.2, -0.15) is 0 Å². The maximum absolute atomic E-state index is 12.1. The number of carbonyl (C=O) groups is 1. The fourth-order valence-corrected chi connectivity index (χ4v) is 3.32. The van der Waals surface area contributed by atoms with Crippen molar-refractivity contribution in [3.05, 3.63) is 40.6 Å². The number of ether oxygens (including phenoxy) is 3. The average molecular weight is 449 g/mol. The van der Waals surface area contributed by atoms with Crippen LogP contribution in [0.3, 0.4) is 0 Å². The summed E-state index contributed by atoms with van der Waals surface area (Å²) in [7, 11) is 1.71. The molecule has 0 spiro atoms. The molecule has 1 saturated heterocycles. The molecule has 2 aromatic rings. The van der Waals surface area contributed by atoms with E-state index in [1.807, 2.05) is 0 Å². The van der Waals surface area contributed by atoms with Gasteiger partial charge in [0.05, 0.1) is 44.0 Å². The minimum atomic E-state index is -0.511. The largest absolute Gasteiger partial charge is 0.467 e. The molecule has 0 radical (unpaired) electrons. The highest BCUT2D eigenvalue weighted by Crippen LogP contribution is 2.34. The molecule has 12 heteroatoms. The predicted octanol–water partition coefficient (Wildman–Crippen LogP) is 2.14. The molecular weight excluding hydrogens is 422 g/mol. The number of nitrogens with zero attached hydrogens (tertiary/aromatic N) is 5. The zero-order valence-electron chi connectivity index (χ0n) is 18.1. The van der Waals surface area contributed by atoms with Gasteiger partial charge in [0.1, 0.15) is 12.1 Å². The molecule has 174 valence electrons. The second-order valence-electron chi connectivity index (χ2n) is 7.06. The SMILES string of the molecule is CCOC(=O)CCN(Cc1ccco1)c1ncnc(N(C)CCC2OCCO2)c1[N+](=O)[O-]. The third kappa shape index (κ3) is 6.14. The van der Waals surface area contributed by atoms with Crippen LogP contribution in [0.25, 0.3) is 0 Å². The summed E-state index contributed by atoms with van der Waals surface area (Å²) in [6, 6.07) is 3.47. The van der Waals surface area contributed by atoms with Gasteiger partial charge in [-0.25, -0.2) is 9.97 Å². The van der Waals surface area contributed by atoms with Crippen LogP contribution in [0.5, 0.6) is 0 Å². The number of aromatic nitrogens is 2. The lowest BCUT2D eigenvalue weighted by Crippen LogP contribution is -2.30. The average Bonchev–Trinajstić information content (AvgIpc) is 3.48. The third-order valence-corrected chi connectivity index (χ3v) is 4.84. The van der Waals surface area contributed by atoms with E-state index in [4.69, 9.17) is 18.6 Å². The number of esters is 1. The summed E-state index contributed by atoms with van der Waals surface area (Å²) in [6.45, 7) is 3.83. The minimum Gasteiger partial charge on any atom is -0.467 e. The molecule has 2 aromatic heterocycles. The molecule has 3 rings (SSSR count). The topological polar surface area (TPSA) is 133 Å². The van der Waals surface area contributed by atoms with Gasteiger partial charge in [0, 0.05) is 26.6 Å². The molecular formula is C20H27N5O7. The van der Waals surface area contributed by atoms with Crippen LogP contribution in [0, 0.1) is 10.1 Å². The monoisotopic (exact) mass is 449 g/mol. The molecule has 0 amide bonds. The Morgan fingerprint density at radius 1 is 1.28 bits per heavy atom. The van der Waals surface area contributed by atoms with E-state index in [9.17, 15) is 14.9 Å². The molecule has 1 aliphatic heterocycles. The van der Waals surface area contributed by atoms with Crippen molar-refractivity contribution in [2.24, 2.45) is 0 Å². The van der Waals surface area contributed by atoms with Crippen LogP contribution in [-0.4, -0.2) is 67.1 Å². The van der Waals surface area contributed by atoms with Gasteiger partial charge in [0.25, 0.3) is 0 Å². The quantitative estimate of drug-likeness (QED) is 0.268. The van der Waals surface area contributed by atoms with Crippen molar-refractivity contribution in [3.8, 4) is 0 Å². The molecule has 3 heterocycles. The van der Waals surface area contributed by atoms with Crippen molar-refractivity contribution < 1.29 is 28.3 Å². The van der Waals surface area contributed by atoms with Gasteiger partial charge in [0.15, 0.2) is 6.29 Å². The van der Waals surface area contributed by atoms with Gasteiger partial charge >= 0.3 is 11.7 Å². The molecule has 0 atom stereocenters. The fraction of sp³-hybridized carbons (Fsp3) is 0.550. The first-order valence-corrected chi connectivity index (χ1v) is 10.4. The first kappa shape index (κ1) is 23.4. The molecule has 0 unspecified atom stereocenters. The van der Waals surface area contributed by atoms with E-state index in [0.29, 0.717) is 31.9 Å². The predicted molar refractivity (Wildman–Crippen MR) is 113 cm³/mol. The lowest BCUT2D eigenvalue weighted by molar-refractivity contribution is -0.383. The maximum atomic E-state index is 12.1. The van der Waals surface area contributed by atoms with Crippen molar-refractivity contribution in [2.75, 3.05) is 49.8 Å². The number of hydrogen-bond donors (Lipinski definition) is 0. The molecule has 0 bridgehead atoms. The van der Waals surface area contributed by atoms with Crippen molar-refractivity contribution in [2.45, 2.75) is 32.6 Å². The van der Waals surface area contributed by atoms with Gasteiger partial charge in [0.2, 0.25) is 11.6 Å². The molecule has 1 aliphatic rings. The van der Waals surface area contributed by atoms with Crippen molar-refractivity contribution in [1.82, 2.24) is 9.97 Å². The Bertz CT molecular complexity index is 886. The molecule has 32 heavy (non-hydrogen) atoms. The van der Waals surface area contributed by atoms with E-state index in [2.05, 4.69) is 9.97 Å². The Hall–Kier alpha value is -3.25. The first-order chi connectivity index (χ1) is 15.5. The molecule has 0 aliphatic carbocycles. The molecule has 0 saturated carbocycles. The fourth-order valence-electron chi connectivity index (χ4n) is 3.32. The number of anilines is 2. The van der Waals surface area contributed by atoms with Crippen molar-refractivity contribution >= 4 is 23.3 Å². The summed E-state index contributed by atoms with van der Waals surface area (Å²) in [4.78, 5) is 35.1. The van der Waals surface area contributed by atoms with E-state index in [0.717, 1.165) is 0 Å². The van der Waals surface area contributed by atoms with Gasteiger partial charge in [-0.1, -0.05) is 0 Å². The highest BCUT2D eigenvalue weighted by atomic mass is 16.7. The van der Waals surface area contributed by atoms with Crippen molar-refractivity contribution in [1.29, 1.82) is 0 Å². The maximum Gasteiger partial charge on any atom is 0.353 e. The highest BCUT2D eigenvalue weighted by Gasteiger charge is 2.30. The van der Waals surface area contributed by atoms with Gasteiger partial charge in [-0.05, 0) is 19.1 Å². The normalized spacial score (nSPS) is 13.8. The third-order valence-electron chi connectivity index (χ3n) is 4.84. The number of rotatable bonds is 12. The highest BCUT2D eigenvalue weighted by molar-refractivity contribution is 5.73. The summed E-state index contributed by atoms with van der Waals surface area (Å²) >= 11 is 0. The Kier molecular flexibility index (Phi) is 8.34. The molecule has 12 nitrogen and oxygen atoms in total. The van der Waals surface area contributed by atoms with E-state index in [-0.39, 0.29) is 49.7 Å². The summed E-state index contributed by atoms with van der Waals surface area (Å²) in [5.41, 5.74) is -0.251. The van der Waals surface area contributed by atoms with Crippen LogP contribution >= 0.6 is 0 Å². The summed E-state index contributed by atoms with van der Waals surface area (Å²) < 4.78 is 21.3. The number of furan rings is 1. The Balaban J connectivity index is 1.85. The lowest BCUT2D eigenvalue weighted by atomic mass is 10.3. The summed E-state index contributed by atoms with van der Waals surface area (Å²) in [5, 5.41) is 12.1. The smallest absolute Gasteiger partial charge is 0.353 e. The van der Waals surface area contributed by atoms with Crippen LogP contribution < -0.4 is 9.80 Å². The number of nitro groups is 1. The lowest BCUT2D eigenvalue weighted by Gasteiger charge is -2.24. The molecule has 1 fully saturated rings. The van der Waals surface area contributed by atoms with E-state index in [1.165, 1.54) is 12.6 Å². The van der Waals surface area contributed by atoms with Gasteiger partial charge in [-0.15, -0.1) is 0 Å². The van der Waals surface area contributed by atoms with Crippen LogP contribution in [0.15, 0.2) is 29.1 Å². The standard InChI is InChI=1S/C20H27N5O7/c1-3-29-16(26)6-9-24(13-15-5-4-10-30-15)20-18(25(27)28)19(21-14-22-20)23(2)8-7-17-31-11-12-32-17/h4-5,10,14,17H,3,6-9,11-13H2,1-2H3. The number of carbonyl (C=O) groups excluding carboxylic acids is 1. The van der Waals surface area contributed by atoms with Crippen LogP contribution in [0.4, 0.5) is 17.3 Å². The van der Waals surface area contributed by atoms with Gasteiger partial charge in [-0.3, -0.25) is 14.9 Å². The van der Waals surface area contributed by atoms with Gasteiger partial charge < -0.3 is 28.4 Å². The van der Waals surface area contributed by atoms with E-state index in [1.54, 1.807) is 35.9 Å². The number of hydrogen-bond acceptors (Lipinski definition) is 11. The van der Waals surface area contributed by atoms with Crippen LogP contribution in [0.1, 0.15) is 25.5 Å². The van der Waals surface area contributed by atoms with E-state index < -0.39 is 10.9 Å². The zero-order valence-corrected chi connectivity index (χ0v) is 18.1. The Morgan fingerprint density at radius 2 is 2.03 bits per heavy atom.